The summed E-state index contributed by atoms with van der Waals surface area (Å²) in [6.07, 6.45) is 2.40. The molecule has 0 radical (unpaired) electrons. The zero-order chi connectivity index (χ0) is 17.9. The lowest BCUT2D eigenvalue weighted by atomic mass is 10.2. The largest absolute Gasteiger partial charge is 0.441 e. The molecule has 0 spiro atoms. The first-order valence-electron chi connectivity index (χ1n) is 8.34. The van der Waals surface area contributed by atoms with Crippen LogP contribution in [0, 0.1) is 6.92 Å². The van der Waals surface area contributed by atoms with Crippen molar-refractivity contribution in [1.82, 2.24) is 9.97 Å². The van der Waals surface area contributed by atoms with Gasteiger partial charge in [-0.05, 0) is 18.2 Å². The van der Waals surface area contributed by atoms with Crippen LogP contribution in [0.5, 0.6) is 0 Å². The monoisotopic (exact) mass is 347 g/mol. The maximum absolute atomic E-state index is 12.2. The number of hydrogen-bond donors (Lipinski definition) is 1. The first kappa shape index (κ1) is 16.1. The molecule has 6 heteroatoms. The summed E-state index contributed by atoms with van der Waals surface area (Å²) in [6, 6.07) is 15.1. The van der Waals surface area contributed by atoms with Crippen LogP contribution < -0.4 is 5.32 Å². The van der Waals surface area contributed by atoms with Crippen molar-refractivity contribution in [2.24, 2.45) is 0 Å². The zero-order valence-electron chi connectivity index (χ0n) is 14.2. The van der Waals surface area contributed by atoms with Crippen LogP contribution >= 0.6 is 0 Å². The molecule has 1 N–H and O–H groups in total. The summed E-state index contributed by atoms with van der Waals surface area (Å²) >= 11 is 0. The number of carbonyl (C=O) groups is 1. The summed E-state index contributed by atoms with van der Waals surface area (Å²) in [5.41, 5.74) is 3.08. The molecular formula is C20H17N3O3. The molecule has 130 valence electrons. The first-order valence-corrected chi connectivity index (χ1v) is 8.34. The molecule has 0 saturated heterocycles. The Balaban J connectivity index is 1.37. The Morgan fingerprint density at radius 2 is 1.96 bits per heavy atom. The minimum atomic E-state index is -0.107. The van der Waals surface area contributed by atoms with E-state index in [9.17, 15) is 4.79 Å². The van der Waals surface area contributed by atoms with Crippen molar-refractivity contribution < 1.29 is 13.6 Å². The van der Waals surface area contributed by atoms with Gasteiger partial charge in [-0.25, -0.2) is 9.97 Å². The Morgan fingerprint density at radius 1 is 1.12 bits per heavy atom. The van der Waals surface area contributed by atoms with Gasteiger partial charge in [0.25, 0.3) is 0 Å². The van der Waals surface area contributed by atoms with Crippen molar-refractivity contribution in [3.8, 4) is 11.3 Å². The second kappa shape index (κ2) is 6.84. The van der Waals surface area contributed by atoms with Crippen molar-refractivity contribution in [2.45, 2.75) is 19.8 Å². The molecule has 0 aliphatic heterocycles. The standard InChI is InChI=1S/C20H17N3O3/c1-13-22-16-11-15(7-8-17(16)25-13)23-19(24)9-10-20-21-12-18(26-20)14-5-3-2-4-6-14/h2-8,11-12H,9-10H2,1H3,(H,23,24). The lowest BCUT2D eigenvalue weighted by molar-refractivity contribution is -0.116. The smallest absolute Gasteiger partial charge is 0.224 e. The molecule has 2 heterocycles. The van der Waals surface area contributed by atoms with Crippen molar-refractivity contribution in [3.05, 3.63) is 66.5 Å². The van der Waals surface area contributed by atoms with Crippen LogP contribution in [0.2, 0.25) is 0 Å². The molecule has 0 aliphatic carbocycles. The second-order valence-corrected chi connectivity index (χ2v) is 5.95. The summed E-state index contributed by atoms with van der Waals surface area (Å²) < 4.78 is 11.1. The number of aryl methyl sites for hydroxylation is 2. The van der Waals surface area contributed by atoms with Crippen LogP contribution in [0.3, 0.4) is 0 Å². The molecule has 26 heavy (non-hydrogen) atoms. The summed E-state index contributed by atoms with van der Waals surface area (Å²) in [7, 11) is 0. The van der Waals surface area contributed by atoms with Crippen molar-refractivity contribution in [2.75, 3.05) is 5.32 Å². The highest BCUT2D eigenvalue weighted by atomic mass is 16.4. The molecular weight excluding hydrogens is 330 g/mol. The molecule has 2 aromatic carbocycles. The Kier molecular flexibility index (Phi) is 4.23. The summed E-state index contributed by atoms with van der Waals surface area (Å²) in [4.78, 5) is 20.7. The fraction of sp³-hybridized carbons (Fsp3) is 0.150. The number of fused-ring (bicyclic) bond motifs is 1. The predicted molar refractivity (Wildman–Crippen MR) is 97.6 cm³/mol. The summed E-state index contributed by atoms with van der Waals surface area (Å²) in [6.45, 7) is 1.79. The lowest BCUT2D eigenvalue weighted by Crippen LogP contribution is -2.12. The third-order valence-electron chi connectivity index (χ3n) is 3.96. The number of aromatic nitrogens is 2. The topological polar surface area (TPSA) is 81.2 Å². The molecule has 4 aromatic rings. The molecule has 0 aliphatic rings. The molecule has 4 rings (SSSR count). The highest BCUT2D eigenvalue weighted by Gasteiger charge is 2.10. The fourth-order valence-corrected chi connectivity index (χ4v) is 2.73. The van der Waals surface area contributed by atoms with E-state index < -0.39 is 0 Å². The van der Waals surface area contributed by atoms with Gasteiger partial charge in [0.2, 0.25) is 5.91 Å². The van der Waals surface area contributed by atoms with Crippen LogP contribution in [-0.2, 0) is 11.2 Å². The molecule has 0 atom stereocenters. The van der Waals surface area contributed by atoms with E-state index in [1.807, 2.05) is 30.3 Å². The summed E-state index contributed by atoms with van der Waals surface area (Å²) in [5, 5.41) is 2.86. The lowest BCUT2D eigenvalue weighted by Gasteiger charge is -2.03. The van der Waals surface area contributed by atoms with E-state index in [1.54, 1.807) is 31.3 Å². The van der Waals surface area contributed by atoms with E-state index in [0.717, 1.165) is 11.1 Å². The fourth-order valence-electron chi connectivity index (χ4n) is 2.73. The average molecular weight is 347 g/mol. The minimum Gasteiger partial charge on any atom is -0.441 e. The molecule has 0 fully saturated rings. The van der Waals surface area contributed by atoms with Gasteiger partial charge < -0.3 is 14.2 Å². The van der Waals surface area contributed by atoms with Crippen LogP contribution in [0.4, 0.5) is 5.69 Å². The van der Waals surface area contributed by atoms with Gasteiger partial charge in [0.1, 0.15) is 5.52 Å². The Bertz CT molecular complexity index is 1050. The molecule has 0 unspecified atom stereocenters. The van der Waals surface area contributed by atoms with Gasteiger partial charge in [-0.2, -0.15) is 0 Å². The van der Waals surface area contributed by atoms with E-state index in [2.05, 4.69) is 15.3 Å². The highest BCUT2D eigenvalue weighted by molar-refractivity contribution is 5.92. The predicted octanol–water partition coefficient (Wildman–Crippen LogP) is 4.36. The Hall–Kier alpha value is -3.41. The molecule has 6 nitrogen and oxygen atoms in total. The van der Waals surface area contributed by atoms with Gasteiger partial charge in [0.05, 0.1) is 6.20 Å². The van der Waals surface area contributed by atoms with Crippen molar-refractivity contribution >= 4 is 22.7 Å². The van der Waals surface area contributed by atoms with E-state index in [-0.39, 0.29) is 12.3 Å². The third-order valence-corrected chi connectivity index (χ3v) is 3.96. The summed E-state index contributed by atoms with van der Waals surface area (Å²) in [5.74, 6) is 1.74. The number of nitrogens with one attached hydrogen (secondary N) is 1. The third kappa shape index (κ3) is 3.49. The van der Waals surface area contributed by atoms with Gasteiger partial charge in [-0.15, -0.1) is 0 Å². The first-order chi connectivity index (χ1) is 12.7. The van der Waals surface area contributed by atoms with Gasteiger partial charge >= 0.3 is 0 Å². The zero-order valence-corrected chi connectivity index (χ0v) is 14.2. The van der Waals surface area contributed by atoms with Crippen LogP contribution in [0.15, 0.2) is 63.6 Å². The number of benzene rings is 2. The Morgan fingerprint density at radius 3 is 2.81 bits per heavy atom. The molecule has 2 aromatic heterocycles. The number of amides is 1. The second-order valence-electron chi connectivity index (χ2n) is 5.95. The normalized spacial score (nSPS) is 11.0. The van der Waals surface area contributed by atoms with Crippen LogP contribution in [-0.4, -0.2) is 15.9 Å². The average Bonchev–Trinajstić information content (AvgIpc) is 3.26. The van der Waals surface area contributed by atoms with E-state index >= 15 is 0 Å². The number of rotatable bonds is 5. The number of nitrogens with zero attached hydrogens (tertiary/aromatic N) is 2. The minimum absolute atomic E-state index is 0.107. The van der Waals surface area contributed by atoms with E-state index in [0.29, 0.717) is 35.2 Å². The molecule has 0 saturated carbocycles. The van der Waals surface area contributed by atoms with Crippen molar-refractivity contribution in [1.29, 1.82) is 0 Å². The maximum atomic E-state index is 12.2. The quantitative estimate of drug-likeness (QED) is 0.580. The van der Waals surface area contributed by atoms with Gasteiger partial charge in [0.15, 0.2) is 23.1 Å². The SMILES string of the molecule is Cc1nc2cc(NC(=O)CCc3ncc(-c4ccccc4)o3)ccc2o1. The van der Waals surface area contributed by atoms with Gasteiger partial charge in [0, 0.05) is 31.0 Å². The maximum Gasteiger partial charge on any atom is 0.224 e. The van der Waals surface area contributed by atoms with Crippen LogP contribution in [0.1, 0.15) is 18.2 Å². The van der Waals surface area contributed by atoms with E-state index in [1.165, 1.54) is 0 Å². The highest BCUT2D eigenvalue weighted by Crippen LogP contribution is 2.21. The number of hydrogen-bond acceptors (Lipinski definition) is 5. The van der Waals surface area contributed by atoms with Crippen LogP contribution in [0.25, 0.3) is 22.4 Å². The van der Waals surface area contributed by atoms with Gasteiger partial charge in [-0.1, -0.05) is 30.3 Å². The number of carbonyl (C=O) groups excluding carboxylic acids is 1. The number of anilines is 1. The Labute approximate surface area is 149 Å². The molecule has 0 bridgehead atoms. The van der Waals surface area contributed by atoms with Gasteiger partial charge in [-0.3, -0.25) is 4.79 Å². The van der Waals surface area contributed by atoms with Crippen molar-refractivity contribution in [3.63, 3.8) is 0 Å². The van der Waals surface area contributed by atoms with E-state index in [4.69, 9.17) is 8.83 Å². The number of oxazole rings is 2. The molecule has 1 amide bonds.